The summed E-state index contributed by atoms with van der Waals surface area (Å²) >= 11 is 0. The van der Waals surface area contributed by atoms with Crippen molar-refractivity contribution in [2.24, 2.45) is 0 Å². The molecule has 3 aliphatic heterocycles. The lowest BCUT2D eigenvalue weighted by Gasteiger charge is -2.43. The third-order valence-corrected chi connectivity index (χ3v) is 10.2. The molecule has 0 saturated carbocycles. The smallest absolute Gasteiger partial charge is 0.279 e. The predicted octanol–water partition coefficient (Wildman–Crippen LogP) is 2.64. The number of fused-ring (bicyclic) bond motifs is 3. The zero-order chi connectivity index (χ0) is 32.1. The number of likely N-dealkylation sites (N-methyl/N-ethyl adjacent to an activating group) is 1. The first kappa shape index (κ1) is 29.6. The number of aldehydes is 1. The van der Waals surface area contributed by atoms with Gasteiger partial charge >= 0.3 is 0 Å². The van der Waals surface area contributed by atoms with Crippen LogP contribution < -0.4 is 15.8 Å². The maximum Gasteiger partial charge on any atom is 0.279 e. The number of piperazine rings is 1. The lowest BCUT2D eigenvalue weighted by molar-refractivity contribution is -0.126. The quantitative estimate of drug-likeness (QED) is 0.306. The molecular formula is C35H38N8O4. The Hall–Kier alpha value is -4.81. The van der Waals surface area contributed by atoms with Crippen molar-refractivity contribution in [3.63, 3.8) is 0 Å². The number of aromatic nitrogens is 4. The summed E-state index contributed by atoms with van der Waals surface area (Å²) in [4.78, 5) is 55.2. The van der Waals surface area contributed by atoms with Crippen LogP contribution >= 0.6 is 0 Å². The summed E-state index contributed by atoms with van der Waals surface area (Å²) in [6.07, 6.45) is 15.4. The van der Waals surface area contributed by atoms with Gasteiger partial charge < -0.3 is 24.3 Å². The van der Waals surface area contributed by atoms with E-state index in [-0.39, 0.29) is 17.4 Å². The Labute approximate surface area is 272 Å². The van der Waals surface area contributed by atoms with E-state index in [1.54, 1.807) is 30.5 Å². The Balaban J connectivity index is 1.05. The largest absolute Gasteiger partial charge is 0.378 e. The third-order valence-electron chi connectivity index (χ3n) is 10.2. The van der Waals surface area contributed by atoms with Gasteiger partial charge in [-0.1, -0.05) is 0 Å². The number of carbonyl (C=O) groups is 2. The molecule has 1 amide bonds. The molecule has 0 spiro atoms. The average molecular weight is 635 g/mol. The van der Waals surface area contributed by atoms with E-state index < -0.39 is 0 Å². The summed E-state index contributed by atoms with van der Waals surface area (Å²) in [5.41, 5.74) is 5.68. The first-order valence-electron chi connectivity index (χ1n) is 16.4. The standard InChI is InChI=1S/C35H38N8O4/c1-39-19-24(14-29(34(39)45)38-33-7-6-25(16-37-33)40-8-10-41(11-9-40)26-21-47-22-26)27-17-36-18-32(28(27)20-44)43-13-12-42-30-5-3-2-4-23(30)15-31(42)35(43)46/h6-7,12-18,20,24,26H,2-5,8-11,19,21-22H2,1H3,(H,37,38). The monoisotopic (exact) mass is 634 g/mol. The van der Waals surface area contributed by atoms with Crippen LogP contribution in [0.5, 0.6) is 0 Å². The summed E-state index contributed by atoms with van der Waals surface area (Å²) in [6.45, 7) is 5.88. The van der Waals surface area contributed by atoms with Gasteiger partial charge in [-0.15, -0.1) is 0 Å². The van der Waals surface area contributed by atoms with Crippen molar-refractivity contribution in [1.29, 1.82) is 0 Å². The van der Waals surface area contributed by atoms with Crippen LogP contribution in [0.2, 0.25) is 0 Å². The minimum absolute atomic E-state index is 0.168. The summed E-state index contributed by atoms with van der Waals surface area (Å²) in [6, 6.07) is 6.45. The van der Waals surface area contributed by atoms with Crippen molar-refractivity contribution in [2.45, 2.75) is 37.6 Å². The SMILES string of the molecule is CN1CC(c2cncc(-n3ccn4c5c(cc4c3=O)CCCC5)c2C=O)C=C(Nc2ccc(N3CCN(C4COC4)CC3)cn2)C1=O. The Morgan fingerprint density at radius 3 is 2.57 bits per heavy atom. The number of anilines is 2. The molecule has 1 unspecified atom stereocenters. The first-order valence-corrected chi connectivity index (χ1v) is 16.4. The highest BCUT2D eigenvalue weighted by molar-refractivity contribution is 5.97. The van der Waals surface area contributed by atoms with Crippen molar-refractivity contribution in [3.8, 4) is 5.69 Å². The van der Waals surface area contributed by atoms with Crippen LogP contribution in [-0.4, -0.2) is 100.0 Å². The number of nitrogens with one attached hydrogen (secondary N) is 1. The van der Waals surface area contributed by atoms with Crippen LogP contribution in [0.25, 0.3) is 11.2 Å². The molecule has 1 aliphatic carbocycles. The number of hydrogen-bond acceptors (Lipinski definition) is 9. The topological polar surface area (TPSA) is 117 Å². The predicted molar refractivity (Wildman–Crippen MR) is 178 cm³/mol. The van der Waals surface area contributed by atoms with Crippen molar-refractivity contribution in [3.05, 3.63) is 93.7 Å². The Morgan fingerprint density at radius 2 is 1.83 bits per heavy atom. The molecule has 1 atom stereocenters. The maximum absolute atomic E-state index is 13.7. The molecule has 1 N–H and O–H groups in total. The van der Waals surface area contributed by atoms with E-state index in [0.29, 0.717) is 46.4 Å². The third kappa shape index (κ3) is 5.31. The number of ether oxygens (including phenoxy) is 1. The first-order chi connectivity index (χ1) is 23.0. The molecule has 8 rings (SSSR count). The van der Waals surface area contributed by atoms with Crippen LogP contribution in [0.15, 0.2) is 65.8 Å². The molecule has 0 radical (unpaired) electrons. The molecule has 4 aromatic rings. The van der Waals surface area contributed by atoms with Crippen molar-refractivity contribution in [2.75, 3.05) is 63.2 Å². The summed E-state index contributed by atoms with van der Waals surface area (Å²) < 4.78 is 8.84. The fourth-order valence-electron chi connectivity index (χ4n) is 7.42. The van der Waals surface area contributed by atoms with E-state index in [1.807, 2.05) is 41.1 Å². The van der Waals surface area contributed by atoms with Crippen LogP contribution in [0.4, 0.5) is 11.5 Å². The van der Waals surface area contributed by atoms with Gasteiger partial charge in [0.25, 0.3) is 11.5 Å². The molecule has 0 bridgehead atoms. The van der Waals surface area contributed by atoms with E-state index in [2.05, 4.69) is 25.1 Å². The second kappa shape index (κ2) is 12.1. The molecule has 0 aromatic carbocycles. The fourth-order valence-corrected chi connectivity index (χ4v) is 7.42. The van der Waals surface area contributed by atoms with Gasteiger partial charge in [-0.2, -0.15) is 0 Å². The highest BCUT2D eigenvalue weighted by atomic mass is 16.5. The van der Waals surface area contributed by atoms with E-state index in [9.17, 15) is 14.4 Å². The number of hydrogen-bond donors (Lipinski definition) is 1. The van der Waals surface area contributed by atoms with Crippen molar-refractivity contribution >= 4 is 29.2 Å². The number of carbonyl (C=O) groups excluding carboxylic acids is 2. The zero-order valence-electron chi connectivity index (χ0n) is 26.5. The highest BCUT2D eigenvalue weighted by Gasteiger charge is 2.31. The van der Waals surface area contributed by atoms with Gasteiger partial charge in [-0.05, 0) is 61.1 Å². The number of aryl methyl sites for hydroxylation is 2. The summed E-state index contributed by atoms with van der Waals surface area (Å²) in [5.74, 6) is 0.0632. The van der Waals surface area contributed by atoms with Gasteiger partial charge in [-0.3, -0.25) is 28.8 Å². The van der Waals surface area contributed by atoms with Crippen LogP contribution in [-0.2, 0) is 22.4 Å². The normalized spacial score (nSPS) is 20.6. The van der Waals surface area contributed by atoms with Crippen LogP contribution in [0.1, 0.15) is 45.9 Å². The molecule has 2 saturated heterocycles. The molecular weight excluding hydrogens is 596 g/mol. The lowest BCUT2D eigenvalue weighted by atomic mass is 9.91. The second-order valence-electron chi connectivity index (χ2n) is 12.9. The van der Waals surface area contributed by atoms with Gasteiger partial charge in [0.15, 0.2) is 6.29 Å². The highest BCUT2D eigenvalue weighted by Crippen LogP contribution is 2.31. The minimum Gasteiger partial charge on any atom is -0.378 e. The molecule has 7 heterocycles. The number of amides is 1. The number of pyridine rings is 2. The zero-order valence-corrected chi connectivity index (χ0v) is 26.5. The van der Waals surface area contributed by atoms with Gasteiger partial charge in [0.1, 0.15) is 17.0 Å². The fraction of sp³-hybridized carbons (Fsp3) is 0.400. The van der Waals surface area contributed by atoms with Crippen molar-refractivity contribution < 1.29 is 14.3 Å². The number of rotatable bonds is 7. The summed E-state index contributed by atoms with van der Waals surface area (Å²) in [5, 5.41) is 3.22. The van der Waals surface area contributed by atoms with E-state index >= 15 is 0 Å². The molecule has 242 valence electrons. The van der Waals surface area contributed by atoms with Crippen molar-refractivity contribution in [1.82, 2.24) is 28.7 Å². The maximum atomic E-state index is 13.7. The van der Waals surface area contributed by atoms with Gasteiger partial charge in [0.05, 0.1) is 43.0 Å². The Bertz CT molecular complexity index is 1940. The van der Waals surface area contributed by atoms with Gasteiger partial charge in [-0.25, -0.2) is 4.98 Å². The molecule has 12 nitrogen and oxygen atoms in total. The van der Waals surface area contributed by atoms with Crippen LogP contribution in [0.3, 0.4) is 0 Å². The minimum atomic E-state index is -0.329. The van der Waals surface area contributed by atoms with Gasteiger partial charge in [0.2, 0.25) is 0 Å². The molecule has 47 heavy (non-hydrogen) atoms. The Kier molecular flexibility index (Phi) is 7.61. The van der Waals surface area contributed by atoms with E-state index in [1.165, 1.54) is 15.8 Å². The van der Waals surface area contributed by atoms with E-state index in [4.69, 9.17) is 4.74 Å². The Morgan fingerprint density at radius 1 is 1.00 bits per heavy atom. The lowest BCUT2D eigenvalue weighted by Crippen LogP contribution is -2.56. The molecule has 4 aromatic heterocycles. The molecule has 4 aliphatic rings. The summed E-state index contributed by atoms with van der Waals surface area (Å²) in [7, 11) is 1.74. The molecule has 12 heteroatoms. The van der Waals surface area contributed by atoms with Crippen LogP contribution in [0, 0.1) is 0 Å². The van der Waals surface area contributed by atoms with E-state index in [0.717, 1.165) is 77.0 Å². The molecule has 2 fully saturated rings. The number of nitrogens with zero attached hydrogens (tertiary/aromatic N) is 7. The second-order valence-corrected chi connectivity index (χ2v) is 12.9. The average Bonchev–Trinajstić information content (AvgIpc) is 3.46. The van der Waals surface area contributed by atoms with Gasteiger partial charge in [0, 0.05) is 75.5 Å².